The van der Waals surface area contributed by atoms with Crippen LogP contribution >= 0.6 is 11.6 Å². The summed E-state index contributed by atoms with van der Waals surface area (Å²) in [5.41, 5.74) is 3.75. The number of hydrogen-bond acceptors (Lipinski definition) is 2. The number of hydrogen-bond donors (Lipinski definition) is 0. The highest BCUT2D eigenvalue weighted by Gasteiger charge is 2.05. The smallest absolute Gasteiger partial charge is 0.185 e. The predicted octanol–water partition coefficient (Wildman–Crippen LogP) is 5.45. The molecule has 0 spiro atoms. The van der Waals surface area contributed by atoms with Crippen LogP contribution in [0.1, 0.15) is 46.8 Å². The van der Waals surface area contributed by atoms with E-state index in [-0.39, 0.29) is 5.78 Å². The third-order valence-corrected chi connectivity index (χ3v) is 4.03. The first-order valence-electron chi connectivity index (χ1n) is 7.60. The second kappa shape index (κ2) is 7.98. The SMILES string of the molecule is COc1ccc(/C=C/C(=O)c2ccc(C(C)C)cc2)cc1CCl. The van der Waals surface area contributed by atoms with Gasteiger partial charge < -0.3 is 4.74 Å². The molecule has 0 saturated heterocycles. The number of methoxy groups -OCH3 is 1. The van der Waals surface area contributed by atoms with Gasteiger partial charge in [0.2, 0.25) is 0 Å². The number of rotatable bonds is 6. The average molecular weight is 329 g/mol. The highest BCUT2D eigenvalue weighted by atomic mass is 35.5. The van der Waals surface area contributed by atoms with E-state index in [2.05, 4.69) is 13.8 Å². The van der Waals surface area contributed by atoms with Crippen LogP contribution < -0.4 is 4.74 Å². The monoisotopic (exact) mass is 328 g/mol. The molecule has 23 heavy (non-hydrogen) atoms. The van der Waals surface area contributed by atoms with Crippen molar-refractivity contribution in [2.45, 2.75) is 25.6 Å². The highest BCUT2D eigenvalue weighted by molar-refractivity contribution is 6.17. The normalized spacial score (nSPS) is 11.2. The van der Waals surface area contributed by atoms with Gasteiger partial charge in [-0.05, 0) is 35.3 Å². The van der Waals surface area contributed by atoms with E-state index in [1.165, 1.54) is 5.56 Å². The van der Waals surface area contributed by atoms with E-state index >= 15 is 0 Å². The fourth-order valence-electron chi connectivity index (χ4n) is 2.31. The Kier molecular flexibility index (Phi) is 6.00. The minimum atomic E-state index is -0.0106. The van der Waals surface area contributed by atoms with Crippen LogP contribution in [0.3, 0.4) is 0 Å². The van der Waals surface area contributed by atoms with Crippen molar-refractivity contribution in [2.75, 3.05) is 7.11 Å². The van der Waals surface area contributed by atoms with Crippen LogP contribution in [0.15, 0.2) is 48.5 Å². The number of carbonyl (C=O) groups excluding carboxylic acids is 1. The maximum atomic E-state index is 12.2. The van der Waals surface area contributed by atoms with Crippen molar-refractivity contribution in [3.05, 3.63) is 70.8 Å². The van der Waals surface area contributed by atoms with Crippen LogP contribution in [-0.4, -0.2) is 12.9 Å². The zero-order chi connectivity index (χ0) is 16.8. The average Bonchev–Trinajstić information content (AvgIpc) is 2.59. The van der Waals surface area contributed by atoms with Gasteiger partial charge in [0.25, 0.3) is 0 Å². The molecule has 120 valence electrons. The summed E-state index contributed by atoms with van der Waals surface area (Å²) in [4.78, 5) is 12.2. The van der Waals surface area contributed by atoms with Crippen LogP contribution in [0.4, 0.5) is 0 Å². The lowest BCUT2D eigenvalue weighted by molar-refractivity contribution is 0.104. The number of benzene rings is 2. The van der Waals surface area contributed by atoms with Crippen molar-refractivity contribution in [3.63, 3.8) is 0 Å². The number of allylic oxidation sites excluding steroid dienone is 1. The predicted molar refractivity (Wildman–Crippen MR) is 96.4 cm³/mol. The summed E-state index contributed by atoms with van der Waals surface area (Å²) < 4.78 is 5.24. The van der Waals surface area contributed by atoms with E-state index < -0.39 is 0 Å². The molecule has 2 aromatic carbocycles. The molecule has 0 atom stereocenters. The molecule has 0 aliphatic carbocycles. The van der Waals surface area contributed by atoms with Gasteiger partial charge in [-0.1, -0.05) is 50.3 Å². The third-order valence-electron chi connectivity index (χ3n) is 3.74. The first-order valence-corrected chi connectivity index (χ1v) is 8.14. The molecule has 0 aromatic heterocycles. The summed E-state index contributed by atoms with van der Waals surface area (Å²) in [6.07, 6.45) is 3.39. The first kappa shape index (κ1) is 17.3. The summed E-state index contributed by atoms with van der Waals surface area (Å²) in [7, 11) is 1.62. The molecule has 3 heteroatoms. The summed E-state index contributed by atoms with van der Waals surface area (Å²) >= 11 is 5.91. The first-order chi connectivity index (χ1) is 11.0. The van der Waals surface area contributed by atoms with Gasteiger partial charge in [-0.25, -0.2) is 0 Å². The largest absolute Gasteiger partial charge is 0.496 e. The second-order valence-corrected chi connectivity index (χ2v) is 5.95. The van der Waals surface area contributed by atoms with Crippen LogP contribution in [-0.2, 0) is 5.88 Å². The van der Waals surface area contributed by atoms with E-state index in [9.17, 15) is 4.79 Å². The lowest BCUT2D eigenvalue weighted by atomic mass is 10.00. The number of carbonyl (C=O) groups is 1. The van der Waals surface area contributed by atoms with Crippen molar-refractivity contribution < 1.29 is 9.53 Å². The molecule has 0 unspecified atom stereocenters. The van der Waals surface area contributed by atoms with Gasteiger partial charge in [-0.15, -0.1) is 11.6 Å². The van der Waals surface area contributed by atoms with Crippen LogP contribution in [0, 0.1) is 0 Å². The summed E-state index contributed by atoms with van der Waals surface area (Å²) in [6.45, 7) is 4.27. The van der Waals surface area contributed by atoms with E-state index in [4.69, 9.17) is 16.3 Å². The molecule has 0 aliphatic rings. The molecule has 2 nitrogen and oxygen atoms in total. The zero-order valence-corrected chi connectivity index (χ0v) is 14.4. The van der Waals surface area contributed by atoms with Crippen molar-refractivity contribution >= 4 is 23.5 Å². The Morgan fingerprint density at radius 1 is 1.17 bits per heavy atom. The van der Waals surface area contributed by atoms with Crippen LogP contribution in [0.25, 0.3) is 6.08 Å². The molecular weight excluding hydrogens is 308 g/mol. The van der Waals surface area contributed by atoms with Gasteiger partial charge in [0.05, 0.1) is 13.0 Å². The highest BCUT2D eigenvalue weighted by Crippen LogP contribution is 2.22. The Balaban J connectivity index is 2.14. The standard InChI is InChI=1S/C20H21ClO2/c1-14(2)16-6-8-17(9-7-16)19(22)10-4-15-5-11-20(23-3)18(12-15)13-21/h4-12,14H,13H2,1-3H3/b10-4+. The molecule has 0 radical (unpaired) electrons. The topological polar surface area (TPSA) is 26.3 Å². The van der Waals surface area contributed by atoms with Crippen molar-refractivity contribution in [1.29, 1.82) is 0 Å². The minimum absolute atomic E-state index is 0.0106. The molecule has 2 rings (SSSR count). The molecule has 0 N–H and O–H groups in total. The molecule has 0 heterocycles. The molecule has 0 amide bonds. The van der Waals surface area contributed by atoms with Gasteiger partial charge in [0, 0.05) is 11.1 Å². The molecule has 0 fully saturated rings. The Hall–Kier alpha value is -2.06. The van der Waals surface area contributed by atoms with Crippen LogP contribution in [0.5, 0.6) is 5.75 Å². The van der Waals surface area contributed by atoms with Crippen LogP contribution in [0.2, 0.25) is 0 Å². The van der Waals surface area contributed by atoms with E-state index in [1.54, 1.807) is 19.3 Å². The lowest BCUT2D eigenvalue weighted by Crippen LogP contribution is -1.95. The summed E-state index contributed by atoms with van der Waals surface area (Å²) in [5, 5.41) is 0. The van der Waals surface area contributed by atoms with Gasteiger partial charge in [-0.2, -0.15) is 0 Å². The fourth-order valence-corrected chi connectivity index (χ4v) is 2.52. The second-order valence-electron chi connectivity index (χ2n) is 5.68. The minimum Gasteiger partial charge on any atom is -0.496 e. The van der Waals surface area contributed by atoms with Crippen molar-refractivity contribution in [3.8, 4) is 5.75 Å². The summed E-state index contributed by atoms with van der Waals surface area (Å²) in [5.74, 6) is 1.58. The van der Waals surface area contributed by atoms with Gasteiger partial charge in [0.15, 0.2) is 5.78 Å². The van der Waals surface area contributed by atoms with Gasteiger partial charge in [-0.3, -0.25) is 4.79 Å². The molecular formula is C20H21ClO2. The zero-order valence-electron chi connectivity index (χ0n) is 13.7. The maximum absolute atomic E-state index is 12.2. The number of ether oxygens (including phenoxy) is 1. The third kappa shape index (κ3) is 4.46. The van der Waals surface area contributed by atoms with E-state index in [1.807, 2.05) is 42.5 Å². The Bertz CT molecular complexity index is 700. The van der Waals surface area contributed by atoms with E-state index in [0.29, 0.717) is 17.4 Å². The Labute approximate surface area is 142 Å². The molecule has 0 aliphatic heterocycles. The van der Waals surface area contributed by atoms with Gasteiger partial charge in [0.1, 0.15) is 5.75 Å². The maximum Gasteiger partial charge on any atom is 0.185 e. The number of ketones is 1. The quantitative estimate of drug-likeness (QED) is 0.400. The summed E-state index contributed by atoms with van der Waals surface area (Å²) in [6, 6.07) is 13.5. The lowest BCUT2D eigenvalue weighted by Gasteiger charge is -2.06. The Morgan fingerprint density at radius 3 is 2.43 bits per heavy atom. The van der Waals surface area contributed by atoms with Gasteiger partial charge >= 0.3 is 0 Å². The van der Waals surface area contributed by atoms with Crippen molar-refractivity contribution in [1.82, 2.24) is 0 Å². The molecule has 0 bridgehead atoms. The Morgan fingerprint density at radius 2 is 1.87 bits per heavy atom. The number of alkyl halides is 1. The number of halogens is 1. The fraction of sp³-hybridized carbons (Fsp3) is 0.250. The van der Waals surface area contributed by atoms with E-state index in [0.717, 1.165) is 16.9 Å². The van der Waals surface area contributed by atoms with Crippen molar-refractivity contribution in [2.24, 2.45) is 0 Å². The molecule has 2 aromatic rings. The molecule has 0 saturated carbocycles.